The highest BCUT2D eigenvalue weighted by molar-refractivity contribution is 6.03. The van der Waals surface area contributed by atoms with Crippen LogP contribution in [0.25, 0.3) is 27.9 Å². The number of carbonyl (C=O) groups excluding carboxylic acids is 1. The molecule has 0 aliphatic rings. The molecule has 0 fully saturated rings. The van der Waals surface area contributed by atoms with Gasteiger partial charge in [-0.1, -0.05) is 11.6 Å². The molecule has 0 saturated heterocycles. The molecule has 0 bridgehead atoms. The van der Waals surface area contributed by atoms with Crippen LogP contribution in [0.2, 0.25) is 0 Å². The Morgan fingerprint density at radius 3 is 3.00 bits per heavy atom. The van der Waals surface area contributed by atoms with E-state index in [0.717, 1.165) is 16.5 Å². The van der Waals surface area contributed by atoms with Crippen molar-refractivity contribution in [3.05, 3.63) is 76.3 Å². The molecule has 6 nitrogen and oxygen atoms in total. The Kier molecular flexibility index (Phi) is 3.85. The average Bonchev–Trinajstić information content (AvgIpc) is 3.09. The number of fused-ring (bicyclic) bond motifs is 2. The van der Waals surface area contributed by atoms with E-state index in [1.54, 1.807) is 30.5 Å². The molecule has 128 valence electrons. The Morgan fingerprint density at radius 2 is 2.12 bits per heavy atom. The molecule has 6 heteroatoms. The fourth-order valence-electron chi connectivity index (χ4n) is 2.74. The Morgan fingerprint density at radius 1 is 1.23 bits per heavy atom. The van der Waals surface area contributed by atoms with Crippen LogP contribution < -0.4 is 10.7 Å². The van der Waals surface area contributed by atoms with Gasteiger partial charge in [-0.15, -0.1) is 0 Å². The minimum absolute atomic E-state index is 0.169. The number of benzene rings is 2. The molecule has 0 aliphatic carbocycles. The highest BCUT2D eigenvalue weighted by Crippen LogP contribution is 2.17. The van der Waals surface area contributed by atoms with Crippen LogP contribution in [-0.4, -0.2) is 16.1 Å². The third-order valence-corrected chi connectivity index (χ3v) is 4.08. The summed E-state index contributed by atoms with van der Waals surface area (Å²) in [5.74, 6) is -0.340. The van der Waals surface area contributed by atoms with Crippen LogP contribution >= 0.6 is 0 Å². The number of rotatable bonds is 3. The Bertz CT molecular complexity index is 1220. The van der Waals surface area contributed by atoms with Crippen LogP contribution in [0.5, 0.6) is 0 Å². The van der Waals surface area contributed by atoms with E-state index >= 15 is 0 Å². The molecular formula is C20H15N3O3. The summed E-state index contributed by atoms with van der Waals surface area (Å²) in [6.07, 6.45) is 5.84. The van der Waals surface area contributed by atoms with Crippen LogP contribution in [0.3, 0.4) is 0 Å². The summed E-state index contributed by atoms with van der Waals surface area (Å²) in [6, 6.07) is 10.9. The number of hydrogen-bond donors (Lipinski definition) is 2. The zero-order valence-corrected chi connectivity index (χ0v) is 13.9. The summed E-state index contributed by atoms with van der Waals surface area (Å²) in [5, 5.41) is 11.0. The molecule has 0 saturated carbocycles. The summed E-state index contributed by atoms with van der Waals surface area (Å²) < 4.78 is 5.47. The summed E-state index contributed by atoms with van der Waals surface area (Å²) >= 11 is 0. The SMILES string of the molecule is Cc1ccc2occ(/C=C/C(=O)Nc3ccc4cn[nH]c4c3)c(=O)c2c1. The lowest BCUT2D eigenvalue weighted by Gasteiger charge is -2.02. The minimum Gasteiger partial charge on any atom is -0.463 e. The van der Waals surface area contributed by atoms with Gasteiger partial charge in [0.1, 0.15) is 11.8 Å². The van der Waals surface area contributed by atoms with E-state index in [2.05, 4.69) is 15.5 Å². The standard InChI is InChI=1S/C20H15N3O3/c1-12-2-6-18-16(8-12)20(25)14(11-26-18)4-7-19(24)22-15-5-3-13-10-21-23-17(13)9-15/h2-11H,1H3,(H,21,23)(H,22,24)/b7-4+. The van der Waals surface area contributed by atoms with Crippen LogP contribution in [0.1, 0.15) is 11.1 Å². The summed E-state index contributed by atoms with van der Waals surface area (Å²) in [5.41, 5.74) is 3.11. The van der Waals surface area contributed by atoms with E-state index in [1.807, 2.05) is 19.1 Å². The van der Waals surface area contributed by atoms with Gasteiger partial charge in [0.2, 0.25) is 5.91 Å². The Hall–Kier alpha value is -3.67. The van der Waals surface area contributed by atoms with Crippen molar-refractivity contribution in [2.75, 3.05) is 5.32 Å². The maximum Gasteiger partial charge on any atom is 0.248 e. The first-order chi connectivity index (χ1) is 12.6. The normalized spacial score (nSPS) is 11.4. The van der Waals surface area contributed by atoms with Crippen LogP contribution in [-0.2, 0) is 4.79 Å². The van der Waals surface area contributed by atoms with Gasteiger partial charge < -0.3 is 9.73 Å². The lowest BCUT2D eigenvalue weighted by Crippen LogP contribution is -2.09. The van der Waals surface area contributed by atoms with E-state index in [4.69, 9.17) is 4.42 Å². The van der Waals surface area contributed by atoms with Crippen molar-refractivity contribution in [2.45, 2.75) is 6.92 Å². The van der Waals surface area contributed by atoms with Crippen LogP contribution in [0.4, 0.5) is 5.69 Å². The van der Waals surface area contributed by atoms with Crippen LogP contribution in [0, 0.1) is 6.92 Å². The summed E-state index contributed by atoms with van der Waals surface area (Å²) in [7, 11) is 0. The van der Waals surface area contributed by atoms with Gasteiger partial charge in [0.25, 0.3) is 0 Å². The van der Waals surface area contributed by atoms with Gasteiger partial charge >= 0.3 is 0 Å². The fraction of sp³-hybridized carbons (Fsp3) is 0.0500. The number of amides is 1. The number of aryl methyl sites for hydroxylation is 1. The maximum atomic E-state index is 12.5. The molecule has 2 aromatic heterocycles. The van der Waals surface area contributed by atoms with Crippen molar-refractivity contribution in [1.82, 2.24) is 10.2 Å². The van der Waals surface area contributed by atoms with Gasteiger partial charge in [0.15, 0.2) is 5.43 Å². The second kappa shape index (κ2) is 6.33. The predicted octanol–water partition coefficient (Wildman–Crippen LogP) is 3.63. The molecule has 1 amide bonds. The lowest BCUT2D eigenvalue weighted by atomic mass is 10.1. The quantitative estimate of drug-likeness (QED) is 0.555. The summed E-state index contributed by atoms with van der Waals surface area (Å²) in [6.45, 7) is 1.91. The number of H-pyrrole nitrogens is 1. The first kappa shape index (κ1) is 15.8. The smallest absolute Gasteiger partial charge is 0.248 e. The van der Waals surface area contributed by atoms with Crippen molar-refractivity contribution in [3.63, 3.8) is 0 Å². The molecule has 4 aromatic rings. The molecule has 2 aromatic carbocycles. The zero-order valence-electron chi connectivity index (χ0n) is 13.9. The van der Waals surface area contributed by atoms with E-state index in [-0.39, 0.29) is 11.3 Å². The third-order valence-electron chi connectivity index (χ3n) is 4.08. The van der Waals surface area contributed by atoms with Gasteiger partial charge in [-0.05, 0) is 43.3 Å². The van der Waals surface area contributed by atoms with Gasteiger partial charge in [-0.3, -0.25) is 14.7 Å². The van der Waals surface area contributed by atoms with E-state index < -0.39 is 0 Å². The van der Waals surface area contributed by atoms with E-state index in [9.17, 15) is 9.59 Å². The van der Waals surface area contributed by atoms with Crippen LogP contribution in [0.15, 0.2) is 64.1 Å². The number of hydrogen-bond acceptors (Lipinski definition) is 4. The second-order valence-corrected chi connectivity index (χ2v) is 6.01. The molecule has 26 heavy (non-hydrogen) atoms. The van der Waals surface area contributed by atoms with Crippen molar-refractivity contribution >= 4 is 39.5 Å². The molecule has 0 spiro atoms. The van der Waals surface area contributed by atoms with Crippen molar-refractivity contribution in [3.8, 4) is 0 Å². The molecule has 2 N–H and O–H groups in total. The summed E-state index contributed by atoms with van der Waals surface area (Å²) in [4.78, 5) is 24.6. The zero-order chi connectivity index (χ0) is 18.1. The van der Waals surface area contributed by atoms with E-state index in [0.29, 0.717) is 22.2 Å². The van der Waals surface area contributed by atoms with Crippen molar-refractivity contribution < 1.29 is 9.21 Å². The van der Waals surface area contributed by atoms with Gasteiger partial charge in [-0.2, -0.15) is 5.10 Å². The minimum atomic E-state index is -0.340. The number of anilines is 1. The first-order valence-corrected chi connectivity index (χ1v) is 8.04. The van der Waals surface area contributed by atoms with E-state index in [1.165, 1.54) is 18.4 Å². The molecule has 0 atom stereocenters. The van der Waals surface area contributed by atoms with Gasteiger partial charge in [0, 0.05) is 17.1 Å². The maximum absolute atomic E-state index is 12.5. The molecule has 0 aliphatic heterocycles. The predicted molar refractivity (Wildman–Crippen MR) is 101 cm³/mol. The first-order valence-electron chi connectivity index (χ1n) is 8.04. The molecule has 4 rings (SSSR count). The Balaban J connectivity index is 1.57. The fourth-order valence-corrected chi connectivity index (χ4v) is 2.74. The largest absolute Gasteiger partial charge is 0.463 e. The van der Waals surface area contributed by atoms with Crippen molar-refractivity contribution in [2.24, 2.45) is 0 Å². The number of nitrogens with zero attached hydrogens (tertiary/aromatic N) is 1. The number of nitrogens with one attached hydrogen (secondary N) is 2. The highest BCUT2D eigenvalue weighted by Gasteiger charge is 2.06. The second-order valence-electron chi connectivity index (χ2n) is 6.01. The monoisotopic (exact) mass is 345 g/mol. The van der Waals surface area contributed by atoms with Gasteiger partial charge in [-0.25, -0.2) is 0 Å². The molecule has 0 unspecified atom stereocenters. The molecule has 2 heterocycles. The average molecular weight is 345 g/mol. The van der Waals surface area contributed by atoms with Gasteiger partial charge in [0.05, 0.1) is 22.7 Å². The number of carbonyl (C=O) groups is 1. The molecular weight excluding hydrogens is 330 g/mol. The highest BCUT2D eigenvalue weighted by atomic mass is 16.3. The third kappa shape index (κ3) is 3.00. The topological polar surface area (TPSA) is 88.0 Å². The molecule has 0 radical (unpaired) electrons. The number of aromatic nitrogens is 2. The van der Waals surface area contributed by atoms with Crippen molar-refractivity contribution in [1.29, 1.82) is 0 Å². The Labute approximate surface area is 148 Å². The lowest BCUT2D eigenvalue weighted by molar-refractivity contribution is -0.111. The number of aromatic amines is 1.